The van der Waals surface area contributed by atoms with E-state index in [2.05, 4.69) is 5.32 Å². The summed E-state index contributed by atoms with van der Waals surface area (Å²) in [6.45, 7) is 4.33. The Kier molecular flexibility index (Phi) is 4.51. The summed E-state index contributed by atoms with van der Waals surface area (Å²) in [6.07, 6.45) is 0. The molecule has 0 fully saturated rings. The van der Waals surface area contributed by atoms with Crippen molar-refractivity contribution in [2.45, 2.75) is 25.9 Å². The van der Waals surface area contributed by atoms with E-state index in [1.165, 1.54) is 12.1 Å². The van der Waals surface area contributed by atoms with Crippen LogP contribution in [0.2, 0.25) is 5.02 Å². The number of halogens is 2. The molecule has 0 radical (unpaired) electrons. The Hall–Kier alpha value is -0.640. The van der Waals surface area contributed by atoms with Gasteiger partial charge in [0.2, 0.25) is 0 Å². The molecule has 0 spiro atoms. The Morgan fingerprint density at radius 1 is 1.47 bits per heavy atom. The molecule has 0 aliphatic carbocycles. The maximum atomic E-state index is 13.5. The lowest BCUT2D eigenvalue weighted by atomic mass is 10.1. The Morgan fingerprint density at radius 2 is 2.13 bits per heavy atom. The summed E-state index contributed by atoms with van der Waals surface area (Å²) in [5.74, 6) is -0.275. The standard InChI is InChI=1S/C11H16ClFN2/c1-7(2)15-11(6-14)9-5-8(12)3-4-10(9)13/h3-5,7,11,15H,6,14H2,1-2H3. The predicted octanol–water partition coefficient (Wildman–Crippen LogP) is 2.48. The molecule has 1 aromatic carbocycles. The molecule has 0 heterocycles. The van der Waals surface area contributed by atoms with E-state index in [-0.39, 0.29) is 17.9 Å². The third kappa shape index (κ3) is 3.45. The SMILES string of the molecule is CC(C)NC(CN)c1cc(Cl)ccc1F. The topological polar surface area (TPSA) is 38.0 Å². The van der Waals surface area contributed by atoms with Crippen LogP contribution >= 0.6 is 11.6 Å². The van der Waals surface area contributed by atoms with Crippen molar-refractivity contribution in [2.75, 3.05) is 6.54 Å². The fourth-order valence-corrected chi connectivity index (χ4v) is 1.65. The van der Waals surface area contributed by atoms with Crippen LogP contribution in [0.25, 0.3) is 0 Å². The molecule has 0 amide bonds. The van der Waals surface area contributed by atoms with Gasteiger partial charge < -0.3 is 11.1 Å². The average Bonchev–Trinajstić information content (AvgIpc) is 2.18. The summed E-state index contributed by atoms with van der Waals surface area (Å²) in [5, 5.41) is 3.71. The van der Waals surface area contributed by atoms with E-state index in [4.69, 9.17) is 17.3 Å². The highest BCUT2D eigenvalue weighted by molar-refractivity contribution is 6.30. The zero-order valence-electron chi connectivity index (χ0n) is 8.93. The lowest BCUT2D eigenvalue weighted by Crippen LogP contribution is -2.33. The van der Waals surface area contributed by atoms with Gasteiger partial charge in [-0.3, -0.25) is 0 Å². The second-order valence-corrected chi connectivity index (χ2v) is 4.21. The number of rotatable bonds is 4. The Morgan fingerprint density at radius 3 is 2.67 bits per heavy atom. The van der Waals surface area contributed by atoms with Gasteiger partial charge in [-0.15, -0.1) is 0 Å². The van der Waals surface area contributed by atoms with Gasteiger partial charge in [-0.1, -0.05) is 25.4 Å². The van der Waals surface area contributed by atoms with Gasteiger partial charge >= 0.3 is 0 Å². The van der Waals surface area contributed by atoms with E-state index in [0.29, 0.717) is 17.1 Å². The largest absolute Gasteiger partial charge is 0.329 e. The lowest BCUT2D eigenvalue weighted by Gasteiger charge is -2.20. The van der Waals surface area contributed by atoms with Gasteiger partial charge in [-0.25, -0.2) is 4.39 Å². The number of nitrogens with one attached hydrogen (secondary N) is 1. The molecule has 0 aliphatic rings. The van der Waals surface area contributed by atoms with Gasteiger partial charge in [0, 0.05) is 29.2 Å². The Balaban J connectivity index is 2.95. The van der Waals surface area contributed by atoms with E-state index in [0.717, 1.165) is 0 Å². The monoisotopic (exact) mass is 230 g/mol. The van der Waals surface area contributed by atoms with Crippen LogP contribution in [0.15, 0.2) is 18.2 Å². The molecule has 2 nitrogen and oxygen atoms in total. The molecule has 0 saturated heterocycles. The lowest BCUT2D eigenvalue weighted by molar-refractivity contribution is 0.464. The summed E-state index contributed by atoms with van der Waals surface area (Å²) < 4.78 is 13.5. The molecule has 1 atom stereocenters. The third-order valence-corrected chi connectivity index (χ3v) is 2.34. The van der Waals surface area contributed by atoms with Crippen LogP contribution < -0.4 is 11.1 Å². The van der Waals surface area contributed by atoms with E-state index in [1.807, 2.05) is 13.8 Å². The first-order valence-corrected chi connectivity index (χ1v) is 5.33. The van der Waals surface area contributed by atoms with Crippen molar-refractivity contribution in [1.82, 2.24) is 5.32 Å². The predicted molar refractivity (Wildman–Crippen MR) is 61.5 cm³/mol. The van der Waals surface area contributed by atoms with Crippen molar-refractivity contribution in [2.24, 2.45) is 5.73 Å². The van der Waals surface area contributed by atoms with Crippen molar-refractivity contribution < 1.29 is 4.39 Å². The molecule has 0 aromatic heterocycles. The maximum Gasteiger partial charge on any atom is 0.128 e. The van der Waals surface area contributed by atoms with Crippen LogP contribution in [0.1, 0.15) is 25.5 Å². The fraction of sp³-hybridized carbons (Fsp3) is 0.455. The molecule has 0 saturated carbocycles. The minimum absolute atomic E-state index is 0.191. The second-order valence-electron chi connectivity index (χ2n) is 3.78. The van der Waals surface area contributed by atoms with Crippen LogP contribution in [-0.4, -0.2) is 12.6 Å². The normalized spacial score (nSPS) is 13.2. The Labute approximate surface area is 94.6 Å². The number of benzene rings is 1. The van der Waals surface area contributed by atoms with E-state index in [9.17, 15) is 4.39 Å². The number of hydrogen-bond donors (Lipinski definition) is 2. The summed E-state index contributed by atoms with van der Waals surface area (Å²) in [5.41, 5.74) is 6.13. The van der Waals surface area contributed by atoms with Crippen LogP contribution in [0.5, 0.6) is 0 Å². The molecule has 0 bridgehead atoms. The van der Waals surface area contributed by atoms with Crippen molar-refractivity contribution >= 4 is 11.6 Å². The van der Waals surface area contributed by atoms with Gasteiger partial charge in [0.1, 0.15) is 5.82 Å². The van der Waals surface area contributed by atoms with Crippen LogP contribution in [-0.2, 0) is 0 Å². The fourth-order valence-electron chi connectivity index (χ4n) is 1.47. The molecular weight excluding hydrogens is 215 g/mol. The van der Waals surface area contributed by atoms with Gasteiger partial charge in [0.05, 0.1) is 0 Å². The molecule has 3 N–H and O–H groups in total. The molecule has 1 unspecified atom stereocenters. The van der Waals surface area contributed by atoms with E-state index >= 15 is 0 Å². The van der Waals surface area contributed by atoms with Crippen molar-refractivity contribution in [3.8, 4) is 0 Å². The summed E-state index contributed by atoms with van der Waals surface area (Å²) >= 11 is 5.82. The minimum Gasteiger partial charge on any atom is -0.329 e. The molecular formula is C11H16ClFN2. The molecule has 0 aliphatic heterocycles. The molecule has 84 valence electrons. The first-order valence-electron chi connectivity index (χ1n) is 4.95. The van der Waals surface area contributed by atoms with Gasteiger partial charge in [0.15, 0.2) is 0 Å². The number of nitrogens with two attached hydrogens (primary N) is 1. The minimum atomic E-state index is -0.275. The Bertz CT molecular complexity index is 328. The zero-order valence-corrected chi connectivity index (χ0v) is 9.68. The maximum absolute atomic E-state index is 13.5. The van der Waals surface area contributed by atoms with Gasteiger partial charge in [0.25, 0.3) is 0 Å². The van der Waals surface area contributed by atoms with Gasteiger partial charge in [-0.05, 0) is 18.2 Å². The van der Waals surface area contributed by atoms with Crippen LogP contribution in [0.4, 0.5) is 4.39 Å². The van der Waals surface area contributed by atoms with Crippen molar-refractivity contribution in [3.05, 3.63) is 34.6 Å². The zero-order chi connectivity index (χ0) is 11.4. The second kappa shape index (κ2) is 5.45. The van der Waals surface area contributed by atoms with Gasteiger partial charge in [-0.2, -0.15) is 0 Å². The molecule has 15 heavy (non-hydrogen) atoms. The summed E-state index contributed by atoms with van der Waals surface area (Å²) in [4.78, 5) is 0. The van der Waals surface area contributed by atoms with E-state index in [1.54, 1.807) is 6.07 Å². The molecule has 1 rings (SSSR count). The first-order chi connectivity index (χ1) is 7.04. The van der Waals surface area contributed by atoms with Crippen LogP contribution in [0.3, 0.4) is 0 Å². The molecule has 1 aromatic rings. The quantitative estimate of drug-likeness (QED) is 0.834. The smallest absolute Gasteiger partial charge is 0.128 e. The van der Waals surface area contributed by atoms with Crippen LogP contribution in [0, 0.1) is 5.82 Å². The first kappa shape index (κ1) is 12.4. The van der Waals surface area contributed by atoms with Crippen molar-refractivity contribution in [1.29, 1.82) is 0 Å². The summed E-state index contributed by atoms with van der Waals surface area (Å²) in [6, 6.07) is 4.57. The van der Waals surface area contributed by atoms with Crippen molar-refractivity contribution in [3.63, 3.8) is 0 Å². The average molecular weight is 231 g/mol. The number of hydrogen-bond acceptors (Lipinski definition) is 2. The van der Waals surface area contributed by atoms with E-state index < -0.39 is 0 Å². The highest BCUT2D eigenvalue weighted by Gasteiger charge is 2.15. The third-order valence-electron chi connectivity index (χ3n) is 2.10. The highest BCUT2D eigenvalue weighted by Crippen LogP contribution is 2.21. The summed E-state index contributed by atoms with van der Waals surface area (Å²) in [7, 11) is 0. The molecule has 4 heteroatoms. The highest BCUT2D eigenvalue weighted by atomic mass is 35.5.